The molecular formula is C19H16ClF4N3O4. The van der Waals surface area contributed by atoms with E-state index in [-0.39, 0.29) is 10.6 Å². The van der Waals surface area contributed by atoms with E-state index in [0.29, 0.717) is 17.0 Å². The largest absolute Gasteiger partial charge is 0.416 e. The van der Waals surface area contributed by atoms with Gasteiger partial charge in [0.15, 0.2) is 6.10 Å². The Hall–Kier alpha value is -2.76. The molecule has 0 aliphatic carbocycles. The second kappa shape index (κ2) is 8.06. The number of hydrogen-bond acceptors (Lipinski definition) is 5. The van der Waals surface area contributed by atoms with Crippen LogP contribution in [0.1, 0.15) is 15.4 Å². The van der Waals surface area contributed by atoms with Gasteiger partial charge in [-0.3, -0.25) is 14.5 Å². The maximum Gasteiger partial charge on any atom is 0.416 e. The zero-order valence-corrected chi connectivity index (χ0v) is 16.3. The van der Waals surface area contributed by atoms with Crippen LogP contribution >= 0.6 is 11.6 Å². The summed E-state index contributed by atoms with van der Waals surface area (Å²) in [6.07, 6.45) is -9.35. The maximum absolute atomic E-state index is 13.6. The van der Waals surface area contributed by atoms with Gasteiger partial charge in [-0.2, -0.15) is 13.2 Å². The van der Waals surface area contributed by atoms with Crippen LogP contribution in [0.3, 0.4) is 0 Å². The van der Waals surface area contributed by atoms with Gasteiger partial charge in [-0.15, -0.1) is 0 Å². The van der Waals surface area contributed by atoms with E-state index >= 15 is 0 Å². The van der Waals surface area contributed by atoms with Crippen molar-refractivity contribution in [3.63, 3.8) is 0 Å². The number of halogens is 5. The van der Waals surface area contributed by atoms with Crippen LogP contribution in [0, 0.1) is 12.7 Å². The highest BCUT2D eigenvalue weighted by Gasteiger charge is 2.52. The summed E-state index contributed by atoms with van der Waals surface area (Å²) in [5, 5.41) is 19.9. The summed E-state index contributed by atoms with van der Waals surface area (Å²) in [5.74, 6) is -4.55. The molecule has 12 heteroatoms. The summed E-state index contributed by atoms with van der Waals surface area (Å²) in [6.45, 7) is -2.09. The number of likely N-dealkylation sites (N-methyl/N-ethyl adjacent to an activating group) is 1. The molecule has 31 heavy (non-hydrogen) atoms. The van der Waals surface area contributed by atoms with Gasteiger partial charge in [0.05, 0.1) is 10.6 Å². The smallest absolute Gasteiger partial charge is 0.387 e. The van der Waals surface area contributed by atoms with Gasteiger partial charge < -0.3 is 15.1 Å². The molecule has 2 amide bonds. The minimum absolute atomic E-state index is 0.116. The van der Waals surface area contributed by atoms with Crippen molar-refractivity contribution < 1.29 is 41.5 Å². The number of pyridine rings is 1. The molecule has 0 spiro atoms. The summed E-state index contributed by atoms with van der Waals surface area (Å²) in [5.41, 5.74) is -1.90. The third-order valence-electron chi connectivity index (χ3n) is 4.56. The fourth-order valence-corrected chi connectivity index (χ4v) is 3.26. The Labute approximate surface area is 182 Å². The lowest BCUT2D eigenvalue weighted by atomic mass is 10.1. The van der Waals surface area contributed by atoms with Crippen LogP contribution in [0.4, 0.5) is 29.1 Å². The van der Waals surface area contributed by atoms with Gasteiger partial charge in [0, 0.05) is 22.5 Å². The molecule has 7 nitrogen and oxygen atoms in total. The number of rotatable bonds is 3. The van der Waals surface area contributed by atoms with Crippen molar-refractivity contribution >= 4 is 34.9 Å². The van der Waals surface area contributed by atoms with Crippen LogP contribution in [0.2, 0.25) is 5.02 Å². The van der Waals surface area contributed by atoms with Gasteiger partial charge in [-0.25, -0.2) is 9.37 Å². The summed E-state index contributed by atoms with van der Waals surface area (Å²) >= 11 is 5.68. The fraction of sp³-hybridized carbons (Fsp3) is 0.316. The van der Waals surface area contributed by atoms with Gasteiger partial charge in [0.1, 0.15) is 23.8 Å². The fourth-order valence-electron chi connectivity index (χ4n) is 3.08. The number of aryl methyl sites for hydroxylation is 1. The molecule has 1 aliphatic heterocycles. The van der Waals surface area contributed by atoms with Crippen molar-refractivity contribution in [1.29, 1.82) is 0 Å². The summed E-state index contributed by atoms with van der Waals surface area (Å²) in [4.78, 5) is 30.2. The monoisotopic (exact) mass is 464 g/mol. The normalized spacial score (nSPS) is 23.4. The number of hydrogen-bond donors (Lipinski definition) is 2. The van der Waals surface area contributed by atoms with Crippen LogP contribution in [0.5, 0.6) is 0 Å². The summed E-state index contributed by atoms with van der Waals surface area (Å²) in [6, 6.07) is 1.37. The zero-order chi connectivity index (χ0) is 25.7. The number of amides is 2. The van der Waals surface area contributed by atoms with Crippen LogP contribution in [-0.4, -0.2) is 52.2 Å². The molecular weight excluding hydrogens is 446 g/mol. The Balaban J connectivity index is 2.16. The van der Waals surface area contributed by atoms with E-state index in [1.54, 1.807) is 0 Å². The second-order valence-corrected chi connectivity index (χ2v) is 7.12. The van der Waals surface area contributed by atoms with Crippen molar-refractivity contribution in [2.75, 3.05) is 16.8 Å². The first-order valence-electron chi connectivity index (χ1n) is 10.1. The highest BCUT2D eigenvalue weighted by molar-refractivity contribution is 6.31. The van der Waals surface area contributed by atoms with Crippen LogP contribution in [-0.2, 0) is 15.8 Å². The molecule has 1 aliphatic rings. The molecule has 2 N–H and O–H groups in total. The minimum Gasteiger partial charge on any atom is -0.387 e. The SMILES string of the molecule is [2H]C([2H])([2H])N(C(=O)[C@@H]1[C@H](O)[C@H](O)C(=O)N1c1cc(C(F)(F)F)cc(C)n1)c1ccc(F)c(Cl)c1. The molecule has 2 heterocycles. The molecule has 1 aromatic carbocycles. The maximum atomic E-state index is 13.6. The van der Waals surface area contributed by atoms with Gasteiger partial charge in [-0.05, 0) is 37.3 Å². The van der Waals surface area contributed by atoms with E-state index in [4.69, 9.17) is 15.7 Å². The third-order valence-corrected chi connectivity index (χ3v) is 4.85. The van der Waals surface area contributed by atoms with Crippen LogP contribution in [0.25, 0.3) is 0 Å². The number of nitrogens with zero attached hydrogens (tertiary/aromatic N) is 3. The molecule has 0 bridgehead atoms. The number of alkyl halides is 3. The standard InChI is InChI=1S/C19H16ClF4N3O4/c1-8-5-9(19(22,23)24)6-13(25-8)27-14(15(28)16(29)18(27)31)17(30)26(2)10-3-4-12(21)11(20)7-10/h3-7,14-16,28-29H,1-2H3/t14-,15-,16-/m0/s1/i2D3. The number of aliphatic hydroxyl groups excluding tert-OH is 2. The molecule has 1 aromatic heterocycles. The van der Waals surface area contributed by atoms with Crippen molar-refractivity contribution in [2.24, 2.45) is 0 Å². The lowest BCUT2D eigenvalue weighted by molar-refractivity contribution is -0.137. The number of aliphatic hydroxyl groups is 2. The van der Waals surface area contributed by atoms with E-state index in [0.717, 1.165) is 18.2 Å². The van der Waals surface area contributed by atoms with Gasteiger partial charge in [0.25, 0.3) is 11.8 Å². The van der Waals surface area contributed by atoms with Crippen LogP contribution in [0.15, 0.2) is 30.3 Å². The molecule has 1 fully saturated rings. The Bertz CT molecular complexity index is 1150. The molecule has 0 saturated carbocycles. The van der Waals surface area contributed by atoms with Crippen molar-refractivity contribution in [1.82, 2.24) is 4.98 Å². The minimum atomic E-state index is -4.86. The number of anilines is 2. The molecule has 1 saturated heterocycles. The molecule has 0 unspecified atom stereocenters. The third kappa shape index (κ3) is 4.21. The zero-order valence-electron chi connectivity index (χ0n) is 18.6. The van der Waals surface area contributed by atoms with Gasteiger partial charge >= 0.3 is 6.18 Å². The van der Waals surface area contributed by atoms with Crippen molar-refractivity contribution in [2.45, 2.75) is 31.3 Å². The topological polar surface area (TPSA) is 94.0 Å². The summed E-state index contributed by atoms with van der Waals surface area (Å²) in [7, 11) is 0. The Morgan fingerprint density at radius 3 is 2.55 bits per heavy atom. The first kappa shape index (κ1) is 19.0. The van der Waals surface area contributed by atoms with E-state index in [2.05, 4.69) is 4.98 Å². The summed E-state index contributed by atoms with van der Waals surface area (Å²) < 4.78 is 76.6. The first-order chi connectivity index (χ1) is 15.5. The predicted molar refractivity (Wildman–Crippen MR) is 102 cm³/mol. The molecule has 0 radical (unpaired) electrons. The lowest BCUT2D eigenvalue weighted by Crippen LogP contribution is -2.50. The van der Waals surface area contributed by atoms with E-state index in [1.807, 2.05) is 0 Å². The Morgan fingerprint density at radius 1 is 1.29 bits per heavy atom. The second-order valence-electron chi connectivity index (χ2n) is 6.71. The van der Waals surface area contributed by atoms with Gasteiger partial charge in [0.2, 0.25) is 0 Å². The molecule has 166 valence electrons. The van der Waals surface area contributed by atoms with E-state index in [9.17, 15) is 37.4 Å². The van der Waals surface area contributed by atoms with Gasteiger partial charge in [-0.1, -0.05) is 11.6 Å². The molecule has 2 aromatic rings. The van der Waals surface area contributed by atoms with E-state index < -0.39 is 71.1 Å². The highest BCUT2D eigenvalue weighted by atomic mass is 35.5. The lowest BCUT2D eigenvalue weighted by Gasteiger charge is -2.29. The number of carbonyl (C=O) groups excluding carboxylic acids is 2. The number of benzene rings is 1. The van der Waals surface area contributed by atoms with Crippen LogP contribution < -0.4 is 9.80 Å². The average Bonchev–Trinajstić information content (AvgIpc) is 2.92. The van der Waals surface area contributed by atoms with Crippen molar-refractivity contribution in [3.8, 4) is 0 Å². The Kier molecular flexibility index (Phi) is 4.93. The molecule has 3 atom stereocenters. The van der Waals surface area contributed by atoms with E-state index in [1.165, 1.54) is 6.92 Å². The highest BCUT2D eigenvalue weighted by Crippen LogP contribution is 2.35. The first-order valence-corrected chi connectivity index (χ1v) is 8.96. The Morgan fingerprint density at radius 2 is 1.97 bits per heavy atom. The molecule has 3 rings (SSSR count). The predicted octanol–water partition coefficient (Wildman–Crippen LogP) is 2.30. The number of aromatic nitrogens is 1. The quantitative estimate of drug-likeness (QED) is 0.680. The number of carbonyl (C=O) groups is 2. The van der Waals surface area contributed by atoms with Crippen molar-refractivity contribution in [3.05, 3.63) is 52.4 Å². The average molecular weight is 465 g/mol.